The van der Waals surface area contributed by atoms with E-state index in [4.69, 9.17) is 4.74 Å². The Kier molecular flexibility index (Phi) is 3.83. The summed E-state index contributed by atoms with van der Waals surface area (Å²) < 4.78 is 5.47. The van der Waals surface area contributed by atoms with Gasteiger partial charge in [0, 0.05) is 17.8 Å². The van der Waals surface area contributed by atoms with Crippen LogP contribution in [-0.4, -0.2) is 51.8 Å². The van der Waals surface area contributed by atoms with E-state index in [0.29, 0.717) is 31.1 Å². The molecule has 1 spiro atoms. The van der Waals surface area contributed by atoms with Crippen molar-refractivity contribution in [1.29, 1.82) is 0 Å². The number of halogens is 1. The van der Waals surface area contributed by atoms with Gasteiger partial charge in [-0.1, -0.05) is 28.1 Å². The first kappa shape index (κ1) is 18.8. The minimum absolute atomic E-state index is 0.0978. The Morgan fingerprint density at radius 2 is 2.25 bits per heavy atom. The lowest BCUT2D eigenvalue weighted by Gasteiger charge is -2.42. The van der Waals surface area contributed by atoms with Gasteiger partial charge in [-0.15, -0.1) is 0 Å². The number of esters is 1. The van der Waals surface area contributed by atoms with Crippen LogP contribution in [0.5, 0.6) is 0 Å². The molecule has 4 bridgehead atoms. The van der Waals surface area contributed by atoms with Gasteiger partial charge in [-0.3, -0.25) is 9.59 Å². The van der Waals surface area contributed by atoms with Gasteiger partial charge in [0.25, 0.3) is 0 Å². The van der Waals surface area contributed by atoms with Crippen molar-refractivity contribution >= 4 is 27.8 Å². The molecule has 7 heteroatoms. The van der Waals surface area contributed by atoms with Crippen LogP contribution in [0.2, 0.25) is 0 Å². The zero-order valence-electron chi connectivity index (χ0n) is 15.9. The number of hydrogen-bond acceptors (Lipinski definition) is 5. The first-order valence-electron chi connectivity index (χ1n) is 10.0. The molecule has 0 radical (unpaired) electrons. The molecule has 28 heavy (non-hydrogen) atoms. The van der Waals surface area contributed by atoms with Crippen molar-refractivity contribution in [2.24, 2.45) is 28.6 Å². The molecule has 4 aliphatic carbocycles. The Labute approximate surface area is 172 Å². The van der Waals surface area contributed by atoms with Crippen LogP contribution in [-0.2, 0) is 14.3 Å². The highest BCUT2D eigenvalue weighted by atomic mass is 79.9. The number of nitrogens with one attached hydrogen (secondary N) is 1. The molecular formula is C21H26BrNO5. The maximum atomic E-state index is 13.4. The van der Waals surface area contributed by atoms with E-state index >= 15 is 0 Å². The Balaban J connectivity index is 1.68. The van der Waals surface area contributed by atoms with Crippen LogP contribution in [0.25, 0.3) is 0 Å². The number of alkyl halides is 1. The number of carbonyl (C=O) groups is 2. The summed E-state index contributed by atoms with van der Waals surface area (Å²) in [6.45, 7) is 6.37. The minimum atomic E-state index is -1.14. The lowest BCUT2D eigenvalue weighted by molar-refractivity contribution is -0.151. The highest BCUT2D eigenvalue weighted by Crippen LogP contribution is 2.74. The number of hydrogen-bond donors (Lipinski definition) is 3. The first-order valence-corrected chi connectivity index (χ1v) is 11.2. The smallest absolute Gasteiger partial charge is 0.315 e. The summed E-state index contributed by atoms with van der Waals surface area (Å²) in [4.78, 5) is 26.3. The minimum Gasteiger partial charge on any atom is -0.455 e. The quantitative estimate of drug-likeness (QED) is 0.342. The third kappa shape index (κ3) is 2.00. The van der Waals surface area contributed by atoms with E-state index in [1.165, 1.54) is 0 Å². The maximum Gasteiger partial charge on any atom is 0.315 e. The second-order valence-corrected chi connectivity index (χ2v) is 10.3. The third-order valence-electron chi connectivity index (χ3n) is 8.36. The fourth-order valence-electron chi connectivity index (χ4n) is 7.16. The van der Waals surface area contributed by atoms with Crippen LogP contribution in [0.1, 0.15) is 32.6 Å². The van der Waals surface area contributed by atoms with Gasteiger partial charge >= 0.3 is 5.97 Å². The molecule has 152 valence electrons. The number of carbonyl (C=O) groups excluding carboxylic acids is 2. The van der Waals surface area contributed by atoms with E-state index in [9.17, 15) is 19.8 Å². The van der Waals surface area contributed by atoms with Crippen molar-refractivity contribution in [2.75, 3.05) is 11.9 Å². The molecule has 3 N–H and O–H groups in total. The van der Waals surface area contributed by atoms with Crippen molar-refractivity contribution in [3.05, 3.63) is 23.8 Å². The van der Waals surface area contributed by atoms with Crippen molar-refractivity contribution in [3.63, 3.8) is 0 Å². The molecule has 0 aromatic heterocycles. The van der Waals surface area contributed by atoms with Gasteiger partial charge < -0.3 is 20.3 Å². The van der Waals surface area contributed by atoms with E-state index in [0.717, 1.165) is 17.6 Å². The van der Waals surface area contributed by atoms with Crippen LogP contribution in [0.15, 0.2) is 23.8 Å². The number of allylic oxidation sites excluding steroid dienone is 1. The van der Waals surface area contributed by atoms with E-state index in [1.807, 2.05) is 6.08 Å². The van der Waals surface area contributed by atoms with E-state index in [2.05, 4.69) is 27.8 Å². The second kappa shape index (κ2) is 5.70. The Morgan fingerprint density at radius 3 is 2.96 bits per heavy atom. The summed E-state index contributed by atoms with van der Waals surface area (Å²) in [7, 11) is 0. The van der Waals surface area contributed by atoms with Gasteiger partial charge in [0.15, 0.2) is 0 Å². The fourth-order valence-corrected chi connectivity index (χ4v) is 7.36. The summed E-state index contributed by atoms with van der Waals surface area (Å²) in [6, 6.07) is 0. The van der Waals surface area contributed by atoms with Gasteiger partial charge in [0.1, 0.15) is 17.6 Å². The van der Waals surface area contributed by atoms with Crippen molar-refractivity contribution < 1.29 is 24.5 Å². The van der Waals surface area contributed by atoms with Crippen molar-refractivity contribution in [1.82, 2.24) is 5.32 Å². The Bertz CT molecular complexity index is 826. The molecule has 0 aromatic carbocycles. The SMILES string of the molecule is C=C1C[C@]23C[C@@]1(O)CC[C@H]2C1=C[C@H]2OC(=O)[C@@](C)(C1[C@@H]3C(=O)NCCBr)[C@H]2O. The lowest BCUT2D eigenvalue weighted by Crippen LogP contribution is -2.52. The predicted molar refractivity (Wildman–Crippen MR) is 104 cm³/mol. The summed E-state index contributed by atoms with van der Waals surface area (Å²) in [5.74, 6) is -1.35. The first-order chi connectivity index (χ1) is 13.2. The fraction of sp³-hybridized carbons (Fsp3) is 0.714. The Hall–Kier alpha value is -1.18. The van der Waals surface area contributed by atoms with E-state index in [-0.39, 0.29) is 11.8 Å². The van der Waals surface area contributed by atoms with E-state index < -0.39 is 46.4 Å². The molecule has 1 heterocycles. The molecule has 5 aliphatic rings. The van der Waals surface area contributed by atoms with Gasteiger partial charge in [-0.2, -0.15) is 0 Å². The molecule has 4 fully saturated rings. The van der Waals surface area contributed by atoms with Gasteiger partial charge in [0.05, 0.1) is 11.5 Å². The zero-order chi connectivity index (χ0) is 20.1. The number of ether oxygens (including phenoxy) is 1. The van der Waals surface area contributed by atoms with Gasteiger partial charge in [-0.05, 0) is 55.6 Å². The molecule has 1 saturated heterocycles. The Morgan fingerprint density at radius 1 is 1.50 bits per heavy atom. The topological polar surface area (TPSA) is 95.9 Å². The van der Waals surface area contributed by atoms with Gasteiger partial charge in [-0.25, -0.2) is 0 Å². The largest absolute Gasteiger partial charge is 0.455 e. The predicted octanol–water partition coefficient (Wildman–Crippen LogP) is 1.45. The molecule has 1 unspecified atom stereocenters. The number of fused-ring (bicyclic) bond motifs is 6. The maximum absolute atomic E-state index is 13.4. The average molecular weight is 452 g/mol. The molecule has 3 saturated carbocycles. The molecule has 6 nitrogen and oxygen atoms in total. The summed E-state index contributed by atoms with van der Waals surface area (Å²) >= 11 is 3.35. The van der Waals surface area contributed by atoms with Crippen molar-refractivity contribution in [3.8, 4) is 0 Å². The summed E-state index contributed by atoms with van der Waals surface area (Å²) in [6.07, 6.45) is 2.76. The zero-order valence-corrected chi connectivity index (χ0v) is 17.5. The highest BCUT2D eigenvalue weighted by Gasteiger charge is 2.75. The second-order valence-electron chi connectivity index (χ2n) is 9.51. The van der Waals surface area contributed by atoms with Crippen LogP contribution in [0.4, 0.5) is 0 Å². The third-order valence-corrected chi connectivity index (χ3v) is 8.76. The molecule has 8 atom stereocenters. The van der Waals surface area contributed by atoms with Crippen molar-refractivity contribution in [2.45, 2.75) is 50.4 Å². The average Bonchev–Trinajstić information content (AvgIpc) is 3.08. The summed E-state index contributed by atoms with van der Waals surface area (Å²) in [5.41, 5.74) is -0.660. The standard InChI is InChI=1S/C21H26BrNO5/c1-10-8-20-9-21(10,27)4-3-12(20)11-7-13-16(24)19(2,18(26)28-13)14(11)15(20)17(25)23-6-5-22/h7,12-16,24,27H,1,3-6,8-9H2,2H3,(H,23,25)/t12-,13+,14?,15+,16-,19-,20-,21-/m0/s1. The van der Waals surface area contributed by atoms with Crippen LogP contribution < -0.4 is 5.32 Å². The van der Waals surface area contributed by atoms with E-state index in [1.54, 1.807) is 6.92 Å². The molecular weight excluding hydrogens is 426 g/mol. The van der Waals surface area contributed by atoms with Crippen LogP contribution >= 0.6 is 15.9 Å². The number of aliphatic hydroxyl groups is 2. The molecule has 5 rings (SSSR count). The van der Waals surface area contributed by atoms with Crippen LogP contribution in [0, 0.1) is 28.6 Å². The monoisotopic (exact) mass is 451 g/mol. The highest BCUT2D eigenvalue weighted by molar-refractivity contribution is 9.09. The number of rotatable bonds is 3. The normalized spacial score (nSPS) is 50.7. The summed E-state index contributed by atoms with van der Waals surface area (Å²) in [5, 5.41) is 25.6. The number of amides is 1. The molecule has 1 aliphatic heterocycles. The number of aliphatic hydroxyl groups excluding tert-OH is 1. The molecule has 0 aromatic rings. The van der Waals surface area contributed by atoms with Crippen LogP contribution in [0.3, 0.4) is 0 Å². The van der Waals surface area contributed by atoms with Gasteiger partial charge in [0.2, 0.25) is 5.91 Å². The molecule has 1 amide bonds. The lowest BCUT2D eigenvalue weighted by atomic mass is 9.60.